The molecule has 0 bridgehead atoms. The van der Waals surface area contributed by atoms with Gasteiger partial charge in [-0.15, -0.1) is 0 Å². The molecule has 0 aromatic heterocycles. The zero-order valence-corrected chi connectivity index (χ0v) is 19.2. The van der Waals surface area contributed by atoms with Gasteiger partial charge < -0.3 is 14.5 Å². The van der Waals surface area contributed by atoms with Gasteiger partial charge in [-0.3, -0.25) is 4.90 Å². The number of hydrogen-bond acceptors (Lipinski definition) is 4. The number of benzene rings is 1. The van der Waals surface area contributed by atoms with Crippen LogP contribution in [0.1, 0.15) is 39.2 Å². The molecular formula is C22H38N2O2Si. The Bertz CT molecular complexity index is 626. The summed E-state index contributed by atoms with van der Waals surface area (Å²) in [6, 6.07) is 9.47. The third kappa shape index (κ3) is 4.58. The van der Waals surface area contributed by atoms with Gasteiger partial charge in [0.2, 0.25) is 0 Å². The molecule has 1 aromatic carbocycles. The topological polar surface area (TPSA) is 33.7 Å². The van der Waals surface area contributed by atoms with Crippen molar-refractivity contribution in [3.05, 3.63) is 29.8 Å². The molecule has 1 N–H and O–H groups in total. The number of fused-ring (bicyclic) bond motifs is 1. The summed E-state index contributed by atoms with van der Waals surface area (Å²) in [5.74, 6) is 0. The number of nitrogens with zero attached hydrogens (tertiary/aromatic N) is 1. The van der Waals surface area contributed by atoms with Gasteiger partial charge in [0.25, 0.3) is 0 Å². The van der Waals surface area contributed by atoms with Gasteiger partial charge in [0.15, 0.2) is 8.32 Å². The maximum absolute atomic E-state index is 6.78. The molecule has 4 atom stereocenters. The highest BCUT2D eigenvalue weighted by Crippen LogP contribution is 2.40. The molecule has 2 aliphatic heterocycles. The maximum Gasteiger partial charge on any atom is 0.192 e. The van der Waals surface area contributed by atoms with E-state index < -0.39 is 8.32 Å². The minimum Gasteiger partial charge on any atom is -0.414 e. The quantitative estimate of drug-likeness (QED) is 0.742. The van der Waals surface area contributed by atoms with Crippen molar-refractivity contribution in [3.8, 4) is 0 Å². The number of hydrogen-bond donors (Lipinski definition) is 1. The molecule has 5 heteroatoms. The minimum atomic E-state index is -1.73. The Morgan fingerprint density at radius 3 is 2.41 bits per heavy atom. The van der Waals surface area contributed by atoms with E-state index in [1.807, 2.05) is 7.11 Å². The zero-order valence-electron chi connectivity index (χ0n) is 18.2. The van der Waals surface area contributed by atoms with Crippen LogP contribution in [0.2, 0.25) is 18.1 Å². The maximum atomic E-state index is 6.78. The van der Waals surface area contributed by atoms with Crippen LogP contribution in [0.4, 0.5) is 5.69 Å². The number of nitrogens with one attached hydrogen (secondary N) is 1. The standard InChI is InChI=1S/C22H38N2O2Si/c1-16-8-10-17(11-9-16)23-21-19-14-18(26-27(6,7)22(2,3)4)12-13-24(19)15-20(21)25-5/h8-11,18-21,23H,12-15H2,1-7H3/t18-,19+,20+,21+/m0/s1. The average Bonchev–Trinajstić information content (AvgIpc) is 2.93. The smallest absolute Gasteiger partial charge is 0.192 e. The molecular weight excluding hydrogens is 352 g/mol. The van der Waals surface area contributed by atoms with Crippen LogP contribution in [0.15, 0.2) is 24.3 Å². The van der Waals surface area contributed by atoms with E-state index in [1.165, 1.54) is 11.3 Å². The first-order valence-electron chi connectivity index (χ1n) is 10.4. The van der Waals surface area contributed by atoms with Gasteiger partial charge in [-0.25, -0.2) is 0 Å². The highest BCUT2D eigenvalue weighted by molar-refractivity contribution is 6.74. The average molecular weight is 391 g/mol. The summed E-state index contributed by atoms with van der Waals surface area (Å²) < 4.78 is 12.6. The lowest BCUT2D eigenvalue weighted by atomic mass is 9.95. The van der Waals surface area contributed by atoms with Crippen LogP contribution in [0, 0.1) is 6.92 Å². The SMILES string of the molecule is CO[C@@H]1CN2CC[C@H](O[Si](C)(C)C(C)(C)C)C[C@@H]2[C@H]1Nc1ccc(C)cc1. The number of piperidine rings is 1. The second-order valence-electron chi connectivity index (χ2n) is 9.90. The third-order valence-electron chi connectivity index (χ3n) is 6.90. The van der Waals surface area contributed by atoms with Crippen molar-refractivity contribution in [1.82, 2.24) is 4.90 Å². The highest BCUT2D eigenvalue weighted by atomic mass is 28.4. The Kier molecular flexibility index (Phi) is 6.07. The largest absolute Gasteiger partial charge is 0.414 e. The molecule has 152 valence electrons. The van der Waals surface area contributed by atoms with Gasteiger partial charge in [-0.2, -0.15) is 0 Å². The van der Waals surface area contributed by atoms with E-state index in [9.17, 15) is 0 Å². The van der Waals surface area contributed by atoms with Crippen LogP contribution in [0.25, 0.3) is 0 Å². The lowest BCUT2D eigenvalue weighted by Crippen LogP contribution is -2.51. The van der Waals surface area contributed by atoms with Crippen molar-refractivity contribution >= 4 is 14.0 Å². The van der Waals surface area contributed by atoms with Gasteiger partial charge in [0, 0.05) is 38.0 Å². The van der Waals surface area contributed by atoms with Crippen LogP contribution >= 0.6 is 0 Å². The number of methoxy groups -OCH3 is 1. The Balaban J connectivity index is 1.72. The van der Waals surface area contributed by atoms with Gasteiger partial charge >= 0.3 is 0 Å². The Morgan fingerprint density at radius 1 is 1.15 bits per heavy atom. The summed E-state index contributed by atoms with van der Waals surface area (Å²) in [7, 11) is 0.110. The normalized spacial score (nSPS) is 29.6. The van der Waals surface area contributed by atoms with E-state index in [2.05, 4.69) is 75.3 Å². The summed E-state index contributed by atoms with van der Waals surface area (Å²) in [5, 5.41) is 4.03. The Labute approximate surface area is 166 Å². The fourth-order valence-electron chi connectivity index (χ4n) is 4.16. The molecule has 0 spiro atoms. The van der Waals surface area contributed by atoms with Gasteiger partial charge in [-0.1, -0.05) is 38.5 Å². The highest BCUT2D eigenvalue weighted by Gasteiger charge is 2.47. The van der Waals surface area contributed by atoms with Crippen LogP contribution in [0.5, 0.6) is 0 Å². The van der Waals surface area contributed by atoms with Crippen molar-refractivity contribution in [2.75, 3.05) is 25.5 Å². The second-order valence-corrected chi connectivity index (χ2v) is 14.7. The molecule has 0 saturated carbocycles. The Morgan fingerprint density at radius 2 is 1.81 bits per heavy atom. The molecule has 2 fully saturated rings. The molecule has 0 aliphatic carbocycles. The first-order chi connectivity index (χ1) is 12.6. The van der Waals surface area contributed by atoms with Gasteiger partial charge in [0.1, 0.15) is 0 Å². The van der Waals surface area contributed by atoms with Crippen LogP contribution in [-0.2, 0) is 9.16 Å². The molecule has 0 unspecified atom stereocenters. The molecule has 1 aromatic rings. The first-order valence-corrected chi connectivity index (χ1v) is 13.3. The molecule has 2 aliphatic rings. The summed E-state index contributed by atoms with van der Waals surface area (Å²) in [4.78, 5) is 2.60. The molecule has 0 amide bonds. The van der Waals surface area contributed by atoms with Crippen LogP contribution < -0.4 is 5.32 Å². The summed E-state index contributed by atoms with van der Waals surface area (Å²) in [6.45, 7) is 16.0. The van der Waals surface area contributed by atoms with Crippen molar-refractivity contribution in [2.45, 2.75) is 83.0 Å². The fourth-order valence-corrected chi connectivity index (χ4v) is 5.56. The zero-order chi connectivity index (χ0) is 19.8. The van der Waals surface area contributed by atoms with Crippen molar-refractivity contribution < 1.29 is 9.16 Å². The number of aryl methyl sites for hydroxylation is 1. The van der Waals surface area contributed by atoms with Gasteiger partial charge in [-0.05, 0) is 50.0 Å². The van der Waals surface area contributed by atoms with Crippen molar-refractivity contribution in [3.63, 3.8) is 0 Å². The van der Waals surface area contributed by atoms with Crippen molar-refractivity contribution in [1.29, 1.82) is 0 Å². The second kappa shape index (κ2) is 7.86. The summed E-state index contributed by atoms with van der Waals surface area (Å²) in [5.41, 5.74) is 2.47. The van der Waals surface area contributed by atoms with Crippen molar-refractivity contribution in [2.24, 2.45) is 0 Å². The predicted octanol–water partition coefficient (Wildman–Crippen LogP) is 4.66. The number of rotatable bonds is 5. The summed E-state index contributed by atoms with van der Waals surface area (Å²) in [6.07, 6.45) is 2.82. The molecule has 2 saturated heterocycles. The molecule has 0 radical (unpaired) electrons. The van der Waals surface area contributed by atoms with E-state index in [0.29, 0.717) is 18.2 Å². The van der Waals surface area contributed by atoms with Crippen LogP contribution in [0.3, 0.4) is 0 Å². The van der Waals surface area contributed by atoms with E-state index in [-0.39, 0.29) is 11.1 Å². The predicted molar refractivity (Wildman–Crippen MR) is 116 cm³/mol. The number of ether oxygens (including phenoxy) is 1. The minimum absolute atomic E-state index is 0.225. The van der Waals surface area contributed by atoms with E-state index >= 15 is 0 Å². The molecule has 4 nitrogen and oxygen atoms in total. The Hall–Kier alpha value is -0.883. The lowest BCUT2D eigenvalue weighted by Gasteiger charge is -2.44. The van der Waals surface area contributed by atoms with Gasteiger partial charge in [0.05, 0.1) is 12.1 Å². The van der Waals surface area contributed by atoms with Crippen LogP contribution in [-0.4, -0.2) is 57.7 Å². The van der Waals surface area contributed by atoms with E-state index in [0.717, 1.165) is 25.9 Å². The lowest BCUT2D eigenvalue weighted by molar-refractivity contribution is 0.0658. The molecule has 3 rings (SSSR count). The third-order valence-corrected chi connectivity index (χ3v) is 11.4. The molecule has 27 heavy (non-hydrogen) atoms. The summed E-state index contributed by atoms with van der Waals surface area (Å²) >= 11 is 0. The monoisotopic (exact) mass is 390 g/mol. The molecule has 2 heterocycles. The first kappa shape index (κ1) is 20.8. The van der Waals surface area contributed by atoms with E-state index in [4.69, 9.17) is 9.16 Å². The number of anilines is 1. The van der Waals surface area contributed by atoms with E-state index in [1.54, 1.807) is 0 Å². The fraction of sp³-hybridized carbons (Fsp3) is 0.727.